The summed E-state index contributed by atoms with van der Waals surface area (Å²) in [5.74, 6) is -4.95. The average molecular weight is 1040 g/mol. The van der Waals surface area contributed by atoms with Crippen molar-refractivity contribution in [1.82, 2.24) is 20.0 Å². The number of ether oxygens (including phenoxy) is 7. The normalized spacial score (nSPS) is 22.0. The molecule has 74 heavy (non-hydrogen) atoms. The summed E-state index contributed by atoms with van der Waals surface area (Å²) in [5, 5.41) is 2.86. The highest BCUT2D eigenvalue weighted by atomic mass is 16.6. The van der Waals surface area contributed by atoms with E-state index < -0.39 is 113 Å². The van der Waals surface area contributed by atoms with Gasteiger partial charge in [0.05, 0.1) is 31.0 Å². The molecular formula is C56H84N4O14. The van der Waals surface area contributed by atoms with Gasteiger partial charge >= 0.3 is 35.9 Å². The number of carbonyl (C=O) groups excluding carboxylic acids is 7. The van der Waals surface area contributed by atoms with Crippen molar-refractivity contribution in [2.45, 2.75) is 187 Å². The number of amides is 1. The lowest BCUT2D eigenvalue weighted by Gasteiger charge is -2.55. The second-order valence-electron chi connectivity index (χ2n) is 24.4. The first-order chi connectivity index (χ1) is 34.1. The van der Waals surface area contributed by atoms with E-state index in [1.165, 1.54) is 0 Å². The van der Waals surface area contributed by atoms with Crippen LogP contribution in [0.4, 0.5) is 4.79 Å². The van der Waals surface area contributed by atoms with Crippen LogP contribution in [-0.4, -0.2) is 148 Å². The molecule has 18 nitrogen and oxygen atoms in total. The van der Waals surface area contributed by atoms with Crippen molar-refractivity contribution < 1.29 is 66.7 Å². The summed E-state index contributed by atoms with van der Waals surface area (Å²) < 4.78 is 41.8. The summed E-state index contributed by atoms with van der Waals surface area (Å²) in [4.78, 5) is 105. The molecule has 2 bridgehead atoms. The number of rotatable bonds is 21. The Kier molecular flexibility index (Phi) is 20.5. The Morgan fingerprint density at radius 3 is 1.70 bits per heavy atom. The van der Waals surface area contributed by atoms with E-state index in [9.17, 15) is 24.0 Å². The molecule has 0 radical (unpaired) electrons. The molecule has 412 valence electrons. The zero-order valence-electron chi connectivity index (χ0n) is 46.6. The Balaban J connectivity index is 2.12. The fourth-order valence-corrected chi connectivity index (χ4v) is 9.72. The lowest BCUT2D eigenvalue weighted by atomic mass is 9.69. The van der Waals surface area contributed by atoms with Crippen LogP contribution in [0.5, 0.6) is 0 Å². The number of piperazine rings is 1. The minimum atomic E-state index is -1.87. The van der Waals surface area contributed by atoms with E-state index in [1.54, 1.807) is 145 Å². The first-order valence-corrected chi connectivity index (χ1v) is 25.6. The van der Waals surface area contributed by atoms with Gasteiger partial charge in [0.15, 0.2) is 0 Å². The van der Waals surface area contributed by atoms with E-state index >= 15 is 9.59 Å². The molecule has 7 atom stereocenters. The van der Waals surface area contributed by atoms with Gasteiger partial charge in [0, 0.05) is 38.3 Å². The maximum Gasteiger partial charge on any atom is 0.407 e. The smallest absolute Gasteiger partial charge is 0.407 e. The van der Waals surface area contributed by atoms with E-state index in [0.29, 0.717) is 17.6 Å². The number of alkyl carbamates (subject to hydrolysis) is 1. The molecule has 2 aromatic rings. The van der Waals surface area contributed by atoms with Crippen LogP contribution < -0.4 is 5.32 Å². The Morgan fingerprint density at radius 1 is 0.662 bits per heavy atom. The molecule has 0 aromatic heterocycles. The molecule has 3 heterocycles. The molecule has 3 aliphatic rings. The van der Waals surface area contributed by atoms with Gasteiger partial charge in [-0.2, -0.15) is 0 Å². The molecule has 0 aliphatic carbocycles. The zero-order valence-corrected chi connectivity index (χ0v) is 46.6. The van der Waals surface area contributed by atoms with Crippen molar-refractivity contribution >= 4 is 42.4 Å². The first-order valence-electron chi connectivity index (χ1n) is 25.6. The van der Waals surface area contributed by atoms with Crippen LogP contribution in [0.1, 0.15) is 147 Å². The Labute approximate surface area is 438 Å². The van der Waals surface area contributed by atoms with Gasteiger partial charge in [-0.05, 0) is 134 Å². The molecule has 1 N–H and O–H groups in total. The number of hydrogen-bond acceptors (Lipinski definition) is 17. The number of benzene rings is 2. The highest BCUT2D eigenvalue weighted by Crippen LogP contribution is 2.48. The third-order valence-electron chi connectivity index (χ3n) is 12.2. The van der Waals surface area contributed by atoms with Crippen molar-refractivity contribution in [3.63, 3.8) is 0 Å². The van der Waals surface area contributed by atoms with Gasteiger partial charge < -0.3 is 38.5 Å². The average Bonchev–Trinajstić information content (AvgIpc) is 3.49. The van der Waals surface area contributed by atoms with E-state index in [0.717, 1.165) is 0 Å². The maximum absolute atomic E-state index is 15.6. The SMILES string of the molecule is CC(C)(C)OC(=O)CN(CC(=O)OC(C)(C)C)C1(CCNC(=O)OC(C)(C)C)CN2CCN(C1)C(CC(=O)OCc1ccccc1)([C@H](CCC(OC=O)c1ccccc1)C(=O)OC(C)(C)C)[C@H]2C(=O)OC(C)(C)C. The van der Waals surface area contributed by atoms with Crippen LogP contribution in [0.3, 0.4) is 0 Å². The summed E-state index contributed by atoms with van der Waals surface area (Å²) in [7, 11) is 0. The van der Waals surface area contributed by atoms with Gasteiger partial charge in [-0.25, -0.2) is 4.79 Å². The topological polar surface area (TPSA) is 206 Å². The molecule has 5 unspecified atom stereocenters. The maximum atomic E-state index is 15.6. The predicted molar refractivity (Wildman–Crippen MR) is 276 cm³/mol. The van der Waals surface area contributed by atoms with Crippen LogP contribution in [0.2, 0.25) is 0 Å². The number of fused-ring (bicyclic) bond motifs is 4. The standard InChI is InChI=1S/C56H84N4O14/c1-50(2,3)70-44(63)33-60(34-45(64)71-51(4,5)6)55(28-29-57-49(67)74-54(13,14)15)36-58-30-31-59(37-55)56(46(58)48(66)73-53(10,11)12,32-43(62)68-35-39-22-18-16-19-23-39)41(47(65)72-52(7,8)9)26-27-42(69-38-61)40-24-20-17-21-25-40/h16-25,38,41-42,46H,26-37H2,1-15H3,(H,57,67)/t41-,42?,46-,55?,56?/m1/s1. The Morgan fingerprint density at radius 2 is 1.19 bits per heavy atom. The van der Waals surface area contributed by atoms with Gasteiger partial charge in [-0.3, -0.25) is 43.5 Å². The summed E-state index contributed by atoms with van der Waals surface area (Å²) in [6.07, 6.45) is -2.16. The number of esters is 5. The molecule has 0 spiro atoms. The van der Waals surface area contributed by atoms with Crippen molar-refractivity contribution in [2.75, 3.05) is 45.8 Å². The van der Waals surface area contributed by atoms with E-state index in [4.69, 9.17) is 33.2 Å². The first kappa shape index (κ1) is 61.0. The third-order valence-corrected chi connectivity index (χ3v) is 12.2. The molecule has 18 heteroatoms. The van der Waals surface area contributed by atoms with Gasteiger partial charge in [0.25, 0.3) is 6.47 Å². The van der Waals surface area contributed by atoms with E-state index in [-0.39, 0.29) is 58.6 Å². The van der Waals surface area contributed by atoms with Gasteiger partial charge in [0.1, 0.15) is 46.8 Å². The summed E-state index contributed by atoms with van der Waals surface area (Å²) in [5.41, 5.74) is -6.78. The third kappa shape index (κ3) is 18.7. The molecule has 5 rings (SSSR count). The number of nitrogens with one attached hydrogen (secondary N) is 1. The molecule has 3 fully saturated rings. The largest absolute Gasteiger partial charge is 0.461 e. The van der Waals surface area contributed by atoms with Crippen molar-refractivity contribution in [2.24, 2.45) is 5.92 Å². The van der Waals surface area contributed by atoms with Crippen molar-refractivity contribution in [1.29, 1.82) is 0 Å². The monoisotopic (exact) mass is 1040 g/mol. The van der Waals surface area contributed by atoms with Crippen LogP contribution in [-0.2, 0) is 68.5 Å². The predicted octanol–water partition coefficient (Wildman–Crippen LogP) is 7.49. The van der Waals surface area contributed by atoms with Crippen LogP contribution in [0.15, 0.2) is 60.7 Å². The summed E-state index contributed by atoms with van der Waals surface area (Å²) >= 11 is 0. The summed E-state index contributed by atoms with van der Waals surface area (Å²) in [6, 6.07) is 16.6. The second kappa shape index (κ2) is 24.8. The van der Waals surface area contributed by atoms with Gasteiger partial charge in [0.2, 0.25) is 0 Å². The van der Waals surface area contributed by atoms with E-state index in [1.807, 2.05) is 34.1 Å². The quantitative estimate of drug-likeness (QED) is 0.0730. The van der Waals surface area contributed by atoms with Gasteiger partial charge in [-0.15, -0.1) is 0 Å². The lowest BCUT2D eigenvalue weighted by molar-refractivity contribution is -0.188. The fourth-order valence-electron chi connectivity index (χ4n) is 9.72. The lowest BCUT2D eigenvalue weighted by Crippen LogP contribution is -2.74. The Bertz CT molecular complexity index is 2190. The number of nitrogens with zero attached hydrogens (tertiary/aromatic N) is 3. The van der Waals surface area contributed by atoms with E-state index in [2.05, 4.69) is 5.32 Å². The fraction of sp³-hybridized carbons (Fsp3) is 0.661. The van der Waals surface area contributed by atoms with Gasteiger partial charge in [-0.1, -0.05) is 60.7 Å². The van der Waals surface area contributed by atoms with Crippen molar-refractivity contribution in [3.05, 3.63) is 71.8 Å². The van der Waals surface area contributed by atoms with Crippen molar-refractivity contribution in [3.8, 4) is 0 Å². The number of hydrogen-bond donors (Lipinski definition) is 1. The number of carbonyl (C=O) groups is 7. The van der Waals surface area contributed by atoms with Crippen LogP contribution in [0.25, 0.3) is 0 Å². The molecular weight excluding hydrogens is 953 g/mol. The molecule has 2 aromatic carbocycles. The van der Waals surface area contributed by atoms with Crippen LogP contribution >= 0.6 is 0 Å². The minimum Gasteiger partial charge on any atom is -0.461 e. The minimum absolute atomic E-state index is 0.0285. The molecule has 0 saturated carbocycles. The molecule has 3 aliphatic heterocycles. The highest BCUT2D eigenvalue weighted by Gasteiger charge is 2.66. The highest BCUT2D eigenvalue weighted by molar-refractivity contribution is 5.85. The second-order valence-corrected chi connectivity index (χ2v) is 24.4. The van der Waals surface area contributed by atoms with Crippen LogP contribution in [0, 0.1) is 5.92 Å². The zero-order chi connectivity index (χ0) is 55.5. The molecule has 1 amide bonds. The molecule has 3 saturated heterocycles. The summed E-state index contributed by atoms with van der Waals surface area (Å²) in [6.45, 7) is 25.2. The Hall–Kier alpha value is -5.59.